The van der Waals surface area contributed by atoms with E-state index in [-0.39, 0.29) is 0 Å². The van der Waals surface area contributed by atoms with Gasteiger partial charge in [0.1, 0.15) is 0 Å². The normalized spacial score (nSPS) is 11.8. The summed E-state index contributed by atoms with van der Waals surface area (Å²) < 4.78 is 6.35. The molecule has 0 saturated carbocycles. The number of aliphatic hydroxyl groups is 1. The summed E-state index contributed by atoms with van der Waals surface area (Å²) >= 11 is 0. The molecule has 0 unspecified atom stereocenters. The van der Waals surface area contributed by atoms with Crippen molar-refractivity contribution < 1.29 is 9.76 Å². The fraction of sp³-hybridized carbons (Fsp3) is 0.167. The minimum Gasteiger partial charge on any atom is -0.427 e. The Morgan fingerprint density at radius 1 is 0.513 bits per heavy atom. The molecule has 5 aromatic carbocycles. The van der Waals surface area contributed by atoms with Crippen molar-refractivity contribution in [2.45, 2.75) is 38.9 Å². The van der Waals surface area contributed by atoms with Gasteiger partial charge in [0, 0.05) is 0 Å². The van der Waals surface area contributed by atoms with E-state index < -0.39 is 11.2 Å². The summed E-state index contributed by atoms with van der Waals surface area (Å²) in [6.07, 6.45) is 0. The molecule has 0 spiro atoms. The van der Waals surface area contributed by atoms with Crippen LogP contribution in [0.3, 0.4) is 0 Å². The highest BCUT2D eigenvalue weighted by atomic mass is 16.5. The summed E-state index contributed by atoms with van der Waals surface area (Å²) in [7, 11) is 0.386. The third kappa shape index (κ3) is 5.91. The first-order valence-corrected chi connectivity index (χ1v) is 13.5. The lowest BCUT2D eigenvalue weighted by molar-refractivity contribution is -0.0893. The van der Waals surface area contributed by atoms with Crippen molar-refractivity contribution in [3.63, 3.8) is 0 Å². The van der Waals surface area contributed by atoms with E-state index in [1.54, 1.807) is 13.8 Å². The summed E-state index contributed by atoms with van der Waals surface area (Å²) in [4.78, 5) is 0. The van der Waals surface area contributed by atoms with E-state index in [1.165, 1.54) is 22.3 Å². The molecule has 0 saturated heterocycles. The predicted molar refractivity (Wildman–Crippen MR) is 166 cm³/mol. The van der Waals surface area contributed by atoms with Crippen LogP contribution < -0.4 is 5.46 Å². The van der Waals surface area contributed by atoms with Crippen LogP contribution >= 0.6 is 0 Å². The minimum absolute atomic E-state index is 0.386. The minimum atomic E-state index is -0.980. The van der Waals surface area contributed by atoms with Crippen LogP contribution in [0.25, 0.3) is 44.5 Å². The SMILES string of the molecule is CC(C)(O)C(C)(C)OBc1cc(-c2ccccc2)c(-c2ccccc2)c(-c2cccc(-c3ccccc3)c2)c1. The molecule has 0 aliphatic rings. The van der Waals surface area contributed by atoms with E-state index in [4.69, 9.17) is 4.65 Å². The molecule has 1 N–H and O–H groups in total. The smallest absolute Gasteiger partial charge is 0.309 e. The number of benzene rings is 5. The Hall–Kier alpha value is -3.92. The molecule has 0 fully saturated rings. The molecule has 39 heavy (non-hydrogen) atoms. The van der Waals surface area contributed by atoms with Gasteiger partial charge in [-0.3, -0.25) is 0 Å². The van der Waals surface area contributed by atoms with Gasteiger partial charge < -0.3 is 9.76 Å². The van der Waals surface area contributed by atoms with Gasteiger partial charge in [-0.05, 0) is 78.3 Å². The fourth-order valence-electron chi connectivity index (χ4n) is 4.71. The molecule has 0 radical (unpaired) electrons. The highest BCUT2D eigenvalue weighted by Crippen LogP contribution is 2.40. The van der Waals surface area contributed by atoms with Crippen LogP contribution in [0.2, 0.25) is 0 Å². The Kier molecular flexibility index (Phi) is 7.57. The van der Waals surface area contributed by atoms with Crippen molar-refractivity contribution in [2.75, 3.05) is 0 Å². The van der Waals surface area contributed by atoms with Crippen LogP contribution in [0.15, 0.2) is 127 Å². The summed E-state index contributed by atoms with van der Waals surface area (Å²) in [5, 5.41) is 10.7. The number of rotatable bonds is 8. The van der Waals surface area contributed by atoms with E-state index in [0.29, 0.717) is 7.48 Å². The second-order valence-electron chi connectivity index (χ2n) is 11.1. The summed E-state index contributed by atoms with van der Waals surface area (Å²) in [6, 6.07) is 44.9. The Bertz CT molecular complexity index is 1540. The van der Waals surface area contributed by atoms with E-state index >= 15 is 0 Å². The largest absolute Gasteiger partial charge is 0.427 e. The van der Waals surface area contributed by atoms with Crippen molar-refractivity contribution >= 4 is 12.9 Å². The van der Waals surface area contributed by atoms with Crippen LogP contribution in [0.1, 0.15) is 27.7 Å². The summed E-state index contributed by atoms with van der Waals surface area (Å²) in [6.45, 7) is 7.46. The molecule has 0 atom stereocenters. The molecular formula is C36H35BO2. The first kappa shape index (κ1) is 26.7. The van der Waals surface area contributed by atoms with Crippen LogP contribution in [-0.2, 0) is 4.65 Å². The van der Waals surface area contributed by atoms with Gasteiger partial charge in [0.15, 0.2) is 0 Å². The first-order valence-electron chi connectivity index (χ1n) is 13.5. The van der Waals surface area contributed by atoms with Gasteiger partial charge in [0.05, 0.1) is 11.2 Å². The van der Waals surface area contributed by atoms with E-state index in [1.807, 2.05) is 19.9 Å². The molecule has 0 aromatic heterocycles. The molecule has 0 aliphatic heterocycles. The second kappa shape index (κ2) is 11.1. The topological polar surface area (TPSA) is 29.5 Å². The highest BCUT2D eigenvalue weighted by Gasteiger charge is 2.35. The third-order valence-corrected chi connectivity index (χ3v) is 7.70. The second-order valence-corrected chi connectivity index (χ2v) is 11.1. The van der Waals surface area contributed by atoms with Gasteiger partial charge in [-0.25, -0.2) is 0 Å². The zero-order valence-electron chi connectivity index (χ0n) is 23.2. The van der Waals surface area contributed by atoms with Gasteiger partial charge in [0.25, 0.3) is 0 Å². The molecule has 5 rings (SSSR count). The lowest BCUT2D eigenvalue weighted by atomic mass is 9.77. The molecule has 194 valence electrons. The van der Waals surface area contributed by atoms with Gasteiger partial charge in [0.2, 0.25) is 0 Å². The maximum Gasteiger partial charge on any atom is 0.309 e. The summed E-state index contributed by atoms with van der Waals surface area (Å²) in [5.74, 6) is 0. The Morgan fingerprint density at radius 3 is 1.54 bits per heavy atom. The quantitative estimate of drug-likeness (QED) is 0.215. The molecule has 0 heterocycles. The standard InChI is InChI=1S/C36H35BO2/c1-35(2,38)36(3,4)39-37-31-24-32(27-17-10-6-11-18-27)34(28-19-12-7-13-20-28)33(25-31)30-22-14-21-29(23-30)26-15-8-5-9-16-26/h5-25,37-38H,1-4H3. The maximum atomic E-state index is 10.7. The number of hydrogen-bond donors (Lipinski definition) is 1. The highest BCUT2D eigenvalue weighted by molar-refractivity contribution is 6.47. The maximum absolute atomic E-state index is 10.7. The van der Waals surface area contributed by atoms with Crippen LogP contribution in [0, 0.1) is 0 Å². The number of hydrogen-bond acceptors (Lipinski definition) is 2. The molecule has 0 amide bonds. The van der Waals surface area contributed by atoms with Crippen molar-refractivity contribution in [1.29, 1.82) is 0 Å². The Balaban J connectivity index is 1.73. The van der Waals surface area contributed by atoms with Gasteiger partial charge >= 0.3 is 7.48 Å². The monoisotopic (exact) mass is 510 g/mol. The van der Waals surface area contributed by atoms with Crippen LogP contribution in [0.4, 0.5) is 0 Å². The molecule has 2 nitrogen and oxygen atoms in total. The van der Waals surface area contributed by atoms with Gasteiger partial charge in [-0.2, -0.15) is 0 Å². The molecule has 3 heteroatoms. The van der Waals surface area contributed by atoms with E-state index in [0.717, 1.165) is 27.7 Å². The predicted octanol–water partition coefficient (Wildman–Crippen LogP) is 7.90. The van der Waals surface area contributed by atoms with Crippen LogP contribution in [0.5, 0.6) is 0 Å². The molecule has 5 aromatic rings. The Labute approximate surface area is 233 Å². The first-order chi connectivity index (χ1) is 18.7. The Morgan fingerprint density at radius 2 is 0.974 bits per heavy atom. The van der Waals surface area contributed by atoms with Crippen molar-refractivity contribution in [2.24, 2.45) is 0 Å². The van der Waals surface area contributed by atoms with Gasteiger partial charge in [-0.15, -0.1) is 0 Å². The van der Waals surface area contributed by atoms with E-state index in [9.17, 15) is 5.11 Å². The average molecular weight is 510 g/mol. The average Bonchev–Trinajstić information content (AvgIpc) is 2.96. The van der Waals surface area contributed by atoms with Gasteiger partial charge in [-0.1, -0.05) is 127 Å². The molecule has 0 bridgehead atoms. The molecular weight excluding hydrogens is 475 g/mol. The van der Waals surface area contributed by atoms with Crippen molar-refractivity contribution in [1.82, 2.24) is 0 Å². The van der Waals surface area contributed by atoms with E-state index in [2.05, 4.69) is 121 Å². The zero-order valence-corrected chi connectivity index (χ0v) is 23.2. The van der Waals surface area contributed by atoms with Crippen molar-refractivity contribution in [3.05, 3.63) is 127 Å². The van der Waals surface area contributed by atoms with Crippen molar-refractivity contribution in [3.8, 4) is 44.5 Å². The summed E-state index contributed by atoms with van der Waals surface area (Å²) in [5.41, 5.74) is 8.70. The third-order valence-electron chi connectivity index (χ3n) is 7.70. The zero-order chi connectivity index (χ0) is 27.5. The van der Waals surface area contributed by atoms with Crippen LogP contribution in [-0.4, -0.2) is 23.8 Å². The lowest BCUT2D eigenvalue weighted by Gasteiger charge is -2.37. The lowest BCUT2D eigenvalue weighted by Crippen LogP contribution is -2.49. The fourth-order valence-corrected chi connectivity index (χ4v) is 4.71. The molecule has 0 aliphatic carbocycles.